The van der Waals surface area contributed by atoms with Crippen LogP contribution in [0.25, 0.3) is 0 Å². The summed E-state index contributed by atoms with van der Waals surface area (Å²) in [5, 5.41) is 0. The van der Waals surface area contributed by atoms with Crippen molar-refractivity contribution in [3.8, 4) is 0 Å². The molecule has 2 aliphatic rings. The molecule has 0 unspecified atom stereocenters. The van der Waals surface area contributed by atoms with Gasteiger partial charge in [0.1, 0.15) is 0 Å². The van der Waals surface area contributed by atoms with Crippen LogP contribution in [-0.4, -0.2) is 34.7 Å². The third kappa shape index (κ3) is 8.04. The molecule has 0 aromatic rings. The van der Waals surface area contributed by atoms with Gasteiger partial charge in [0.25, 0.3) is 0 Å². The fraction of sp³-hybridized carbons (Fsp3) is 1.00. The zero-order valence-electron chi connectivity index (χ0n) is 12.3. The third-order valence-electron chi connectivity index (χ3n) is 4.02. The van der Waals surface area contributed by atoms with Crippen molar-refractivity contribution in [3.05, 3.63) is 0 Å². The number of ether oxygens (including phenoxy) is 1. The van der Waals surface area contributed by atoms with E-state index in [9.17, 15) is 0 Å². The van der Waals surface area contributed by atoms with Crippen LogP contribution >= 0.6 is 0 Å². The van der Waals surface area contributed by atoms with Gasteiger partial charge in [0.15, 0.2) is 0 Å². The Morgan fingerprint density at radius 3 is 1.56 bits per heavy atom. The first-order chi connectivity index (χ1) is 8.86. The van der Waals surface area contributed by atoms with Gasteiger partial charge in [-0.2, -0.15) is 0 Å². The molecular weight excluding hydrogens is 327 g/mol. The Morgan fingerprint density at radius 2 is 1.28 bits per heavy atom. The Hall–Kier alpha value is 0.759. The van der Waals surface area contributed by atoms with E-state index in [0.29, 0.717) is 12.2 Å². The third-order valence-corrected chi connectivity index (χ3v) is 5.03. The molecular formula is C16H31OSn. The van der Waals surface area contributed by atoms with Crippen LogP contribution in [0.15, 0.2) is 0 Å². The minimum absolute atomic E-state index is 0.622. The molecule has 0 amide bonds. The summed E-state index contributed by atoms with van der Waals surface area (Å²) in [6.45, 7) is 2.23. The van der Waals surface area contributed by atoms with Crippen molar-refractivity contribution in [1.29, 1.82) is 0 Å². The molecule has 3 radical (unpaired) electrons. The molecule has 105 valence electrons. The maximum atomic E-state index is 6.13. The second-order valence-electron chi connectivity index (χ2n) is 5.76. The van der Waals surface area contributed by atoms with Gasteiger partial charge in [-0.25, -0.2) is 0 Å². The molecule has 0 aromatic heterocycles. The van der Waals surface area contributed by atoms with E-state index in [1.165, 1.54) is 81.5 Å². The van der Waals surface area contributed by atoms with Gasteiger partial charge in [-0.3, -0.25) is 0 Å². The van der Waals surface area contributed by atoms with Gasteiger partial charge in [-0.05, 0) is 25.7 Å². The summed E-state index contributed by atoms with van der Waals surface area (Å²) in [7, 11) is 0. The molecule has 2 fully saturated rings. The Bertz CT molecular complexity index is 154. The van der Waals surface area contributed by atoms with E-state index < -0.39 is 0 Å². The second-order valence-corrected chi connectivity index (χ2v) is 7.19. The molecule has 0 spiro atoms. The van der Waals surface area contributed by atoms with Crippen LogP contribution in [0.4, 0.5) is 0 Å². The zero-order valence-corrected chi connectivity index (χ0v) is 15.1. The summed E-state index contributed by atoms with van der Waals surface area (Å²) >= 11 is 1.68. The van der Waals surface area contributed by atoms with Crippen molar-refractivity contribution in [3.63, 3.8) is 0 Å². The van der Waals surface area contributed by atoms with E-state index in [1.54, 1.807) is 22.5 Å². The Labute approximate surface area is 128 Å². The number of rotatable bonds is 4. The number of hydrogen-bond donors (Lipinski definition) is 0. The van der Waals surface area contributed by atoms with Crippen molar-refractivity contribution in [2.45, 2.75) is 101 Å². The van der Waals surface area contributed by atoms with Crippen molar-refractivity contribution in [2.24, 2.45) is 0 Å². The minimum atomic E-state index is 0.622. The number of unbranched alkanes of at least 4 members (excludes halogenated alkanes) is 1. The van der Waals surface area contributed by atoms with E-state index in [1.807, 2.05) is 0 Å². The quantitative estimate of drug-likeness (QED) is 0.640. The van der Waals surface area contributed by atoms with E-state index >= 15 is 0 Å². The molecule has 2 rings (SSSR count). The van der Waals surface area contributed by atoms with Crippen LogP contribution < -0.4 is 0 Å². The van der Waals surface area contributed by atoms with Gasteiger partial charge in [0, 0.05) is 0 Å². The Kier molecular flexibility index (Phi) is 10.8. The van der Waals surface area contributed by atoms with Gasteiger partial charge in [0.05, 0.1) is 12.2 Å². The summed E-state index contributed by atoms with van der Waals surface area (Å²) in [6, 6.07) is 0. The molecule has 0 atom stereocenters. The van der Waals surface area contributed by atoms with Gasteiger partial charge in [0.2, 0.25) is 0 Å². The molecule has 0 bridgehead atoms. The van der Waals surface area contributed by atoms with Gasteiger partial charge in [-0.1, -0.05) is 38.5 Å². The first-order valence-electron chi connectivity index (χ1n) is 8.17. The summed E-state index contributed by atoms with van der Waals surface area (Å²) in [5.41, 5.74) is 0. The topological polar surface area (TPSA) is 9.23 Å². The monoisotopic (exact) mass is 359 g/mol. The van der Waals surface area contributed by atoms with Crippen LogP contribution in [-0.2, 0) is 4.74 Å². The zero-order chi connectivity index (χ0) is 13.1. The molecule has 2 aliphatic carbocycles. The summed E-state index contributed by atoms with van der Waals surface area (Å²) in [6.07, 6.45) is 17.8. The molecule has 0 N–H and O–H groups in total. The summed E-state index contributed by atoms with van der Waals surface area (Å²) < 4.78 is 7.57. The Morgan fingerprint density at radius 1 is 0.833 bits per heavy atom. The summed E-state index contributed by atoms with van der Waals surface area (Å²) in [5.74, 6) is 0. The maximum absolute atomic E-state index is 6.13. The molecule has 0 aliphatic heterocycles. The van der Waals surface area contributed by atoms with Crippen LogP contribution in [0.5, 0.6) is 0 Å². The first-order valence-corrected chi connectivity index (χ1v) is 10.2. The SMILES string of the molecule is C1CCC(OC2CCCCC2)CC1.CCC[CH2][Sn]. The molecule has 18 heavy (non-hydrogen) atoms. The van der Waals surface area contributed by atoms with Gasteiger partial charge < -0.3 is 4.74 Å². The van der Waals surface area contributed by atoms with E-state index in [2.05, 4.69) is 6.92 Å². The van der Waals surface area contributed by atoms with Crippen LogP contribution in [0.3, 0.4) is 0 Å². The average Bonchev–Trinajstić information content (AvgIpc) is 2.43. The fourth-order valence-electron chi connectivity index (χ4n) is 2.85. The predicted octanol–water partition coefficient (Wildman–Crippen LogP) is 5.04. The van der Waals surface area contributed by atoms with Crippen LogP contribution in [0.2, 0.25) is 4.44 Å². The fourth-order valence-corrected chi connectivity index (χ4v) is 3.86. The second kappa shape index (κ2) is 11.6. The normalized spacial score (nSPS) is 22.3. The molecule has 2 saturated carbocycles. The van der Waals surface area contributed by atoms with Crippen LogP contribution in [0.1, 0.15) is 84.0 Å². The molecule has 0 heterocycles. The molecule has 0 saturated heterocycles. The van der Waals surface area contributed by atoms with Crippen molar-refractivity contribution in [2.75, 3.05) is 0 Å². The van der Waals surface area contributed by atoms with E-state index in [4.69, 9.17) is 4.74 Å². The molecule has 1 nitrogen and oxygen atoms in total. The van der Waals surface area contributed by atoms with E-state index in [-0.39, 0.29) is 0 Å². The van der Waals surface area contributed by atoms with E-state index in [0.717, 1.165) is 0 Å². The standard InChI is InChI=1S/C12H22O.C4H9.Sn/c1-3-7-11(8-4-1)13-12-9-5-2-6-10-12;1-3-4-2;/h11-12H,1-10H2;1,3-4H2,2H3;. The Balaban J connectivity index is 0.000000280. The average molecular weight is 358 g/mol. The molecule has 2 heteroatoms. The van der Waals surface area contributed by atoms with Crippen molar-refractivity contribution < 1.29 is 4.74 Å². The van der Waals surface area contributed by atoms with Crippen molar-refractivity contribution >= 4 is 22.5 Å². The summed E-state index contributed by atoms with van der Waals surface area (Å²) in [4.78, 5) is 0. The molecule has 0 aromatic carbocycles. The van der Waals surface area contributed by atoms with Crippen LogP contribution in [0, 0.1) is 0 Å². The number of hydrogen-bond acceptors (Lipinski definition) is 1. The van der Waals surface area contributed by atoms with Crippen molar-refractivity contribution in [1.82, 2.24) is 0 Å². The van der Waals surface area contributed by atoms with Gasteiger partial charge >= 0.3 is 46.7 Å². The first kappa shape index (κ1) is 16.8. The predicted molar refractivity (Wildman–Crippen MR) is 80.3 cm³/mol. The van der Waals surface area contributed by atoms with Gasteiger partial charge in [-0.15, -0.1) is 0 Å².